The maximum absolute atomic E-state index is 10.9. The molecule has 0 fully saturated rings. The van der Waals surface area contributed by atoms with E-state index in [1.54, 1.807) is 25.2 Å². The van der Waals surface area contributed by atoms with Gasteiger partial charge >= 0.3 is 5.97 Å². The third kappa shape index (κ3) is 4.44. The van der Waals surface area contributed by atoms with Gasteiger partial charge in [0.25, 0.3) is 0 Å². The molecule has 1 aromatic rings. The van der Waals surface area contributed by atoms with Gasteiger partial charge in [-0.15, -0.1) is 11.3 Å². The molecule has 0 atom stereocenters. The number of carboxylic acids is 1. The van der Waals surface area contributed by atoms with Crippen LogP contribution in [0.2, 0.25) is 0 Å². The first-order chi connectivity index (χ1) is 7.95. The van der Waals surface area contributed by atoms with Crippen LogP contribution in [0.4, 0.5) is 0 Å². The molecule has 0 spiro atoms. The molecule has 1 aromatic heterocycles. The first kappa shape index (κ1) is 14.1. The smallest absolute Gasteiger partial charge is 0.309 e. The highest BCUT2D eigenvalue weighted by Gasteiger charge is 2.26. The molecule has 0 radical (unpaired) electrons. The first-order valence-corrected chi connectivity index (χ1v) is 6.65. The predicted octanol–water partition coefficient (Wildman–Crippen LogP) is 2.30. The lowest BCUT2D eigenvalue weighted by Gasteiger charge is -2.18. The van der Waals surface area contributed by atoms with Crippen LogP contribution in [-0.2, 0) is 17.8 Å². The Hall–Kier alpha value is -0.940. The molecule has 4 nitrogen and oxygen atoms in total. The van der Waals surface area contributed by atoms with Gasteiger partial charge in [0.05, 0.1) is 10.4 Å². The van der Waals surface area contributed by atoms with Crippen LogP contribution in [0, 0.1) is 5.41 Å². The zero-order valence-corrected chi connectivity index (χ0v) is 11.4. The summed E-state index contributed by atoms with van der Waals surface area (Å²) in [4.78, 5) is 16.4. The molecule has 2 N–H and O–H groups in total. The van der Waals surface area contributed by atoms with Crippen molar-refractivity contribution in [3.8, 4) is 0 Å². The number of aromatic nitrogens is 1. The number of nitrogens with one attached hydrogen (secondary N) is 1. The van der Waals surface area contributed by atoms with Gasteiger partial charge < -0.3 is 10.4 Å². The monoisotopic (exact) mass is 256 g/mol. The Morgan fingerprint density at radius 1 is 1.59 bits per heavy atom. The van der Waals surface area contributed by atoms with Gasteiger partial charge in [-0.2, -0.15) is 0 Å². The lowest BCUT2D eigenvalue weighted by atomic mass is 9.90. The van der Waals surface area contributed by atoms with E-state index in [2.05, 4.69) is 17.2 Å². The maximum atomic E-state index is 10.9. The molecule has 0 saturated carbocycles. The molecule has 1 heterocycles. The minimum Gasteiger partial charge on any atom is -0.481 e. The number of hydrogen-bond acceptors (Lipinski definition) is 4. The summed E-state index contributed by atoms with van der Waals surface area (Å²) >= 11 is 1.71. The summed E-state index contributed by atoms with van der Waals surface area (Å²) in [5, 5.41) is 13.4. The number of hydrogen-bond donors (Lipinski definition) is 2. The Morgan fingerprint density at radius 3 is 2.82 bits per heavy atom. The number of nitrogens with zero attached hydrogens (tertiary/aromatic N) is 1. The quantitative estimate of drug-likeness (QED) is 0.735. The molecular weight excluding hydrogens is 236 g/mol. The van der Waals surface area contributed by atoms with Crippen LogP contribution in [0.25, 0.3) is 0 Å². The van der Waals surface area contributed by atoms with Gasteiger partial charge in [0.15, 0.2) is 0 Å². The Labute approximate surface area is 106 Å². The van der Waals surface area contributed by atoms with Crippen molar-refractivity contribution in [1.82, 2.24) is 10.3 Å². The highest BCUT2D eigenvalue weighted by atomic mass is 32.1. The lowest BCUT2D eigenvalue weighted by molar-refractivity contribution is -0.147. The molecule has 0 aliphatic heterocycles. The fourth-order valence-corrected chi connectivity index (χ4v) is 2.14. The summed E-state index contributed by atoms with van der Waals surface area (Å²) in [5.74, 6) is -0.745. The van der Waals surface area contributed by atoms with E-state index in [0.717, 1.165) is 18.0 Å². The number of carbonyl (C=O) groups is 1. The van der Waals surface area contributed by atoms with E-state index in [4.69, 9.17) is 5.11 Å². The molecule has 96 valence electrons. The number of rotatable bonds is 7. The predicted molar refractivity (Wildman–Crippen MR) is 69.2 cm³/mol. The Morgan fingerprint density at radius 2 is 2.29 bits per heavy atom. The van der Waals surface area contributed by atoms with Crippen LogP contribution in [-0.4, -0.2) is 22.6 Å². The van der Waals surface area contributed by atoms with Crippen LogP contribution in [0.3, 0.4) is 0 Å². The van der Waals surface area contributed by atoms with E-state index in [-0.39, 0.29) is 0 Å². The zero-order chi connectivity index (χ0) is 12.9. The van der Waals surface area contributed by atoms with Crippen molar-refractivity contribution in [2.24, 2.45) is 5.41 Å². The van der Waals surface area contributed by atoms with E-state index in [0.29, 0.717) is 13.0 Å². The fraction of sp³-hybridized carbons (Fsp3) is 0.667. The molecule has 0 aliphatic carbocycles. The molecular formula is C12H20N2O2S. The van der Waals surface area contributed by atoms with Gasteiger partial charge in [0, 0.05) is 17.6 Å². The normalized spacial score (nSPS) is 11.7. The largest absolute Gasteiger partial charge is 0.481 e. The highest BCUT2D eigenvalue weighted by Crippen LogP contribution is 2.19. The second-order valence-corrected chi connectivity index (χ2v) is 5.89. The topological polar surface area (TPSA) is 62.2 Å². The van der Waals surface area contributed by atoms with Gasteiger partial charge in [0.1, 0.15) is 0 Å². The summed E-state index contributed by atoms with van der Waals surface area (Å²) in [6, 6.07) is 0. The molecule has 0 aliphatic rings. The van der Waals surface area contributed by atoms with Crippen molar-refractivity contribution in [3.63, 3.8) is 0 Å². The van der Waals surface area contributed by atoms with Gasteiger partial charge in [0.2, 0.25) is 0 Å². The lowest BCUT2D eigenvalue weighted by Crippen LogP contribution is -2.28. The number of carboxylic acid groups (broad SMARTS) is 1. The second kappa shape index (κ2) is 6.12. The average molecular weight is 256 g/mol. The molecule has 5 heteroatoms. The van der Waals surface area contributed by atoms with E-state index < -0.39 is 11.4 Å². The first-order valence-electron chi connectivity index (χ1n) is 5.83. The van der Waals surface area contributed by atoms with Crippen molar-refractivity contribution in [3.05, 3.63) is 16.1 Å². The van der Waals surface area contributed by atoms with Gasteiger partial charge in [-0.3, -0.25) is 4.79 Å². The molecule has 0 unspecified atom stereocenters. The fourth-order valence-electron chi connectivity index (χ4n) is 1.31. The summed E-state index contributed by atoms with van der Waals surface area (Å²) < 4.78 is 0. The molecule has 0 aromatic carbocycles. The minimum atomic E-state index is -0.745. The van der Waals surface area contributed by atoms with Crippen LogP contribution in [0.15, 0.2) is 6.20 Å². The maximum Gasteiger partial charge on any atom is 0.309 e. The van der Waals surface area contributed by atoms with Crippen LogP contribution in [0.1, 0.15) is 37.1 Å². The van der Waals surface area contributed by atoms with Crippen molar-refractivity contribution in [1.29, 1.82) is 0 Å². The van der Waals surface area contributed by atoms with Crippen LogP contribution >= 0.6 is 11.3 Å². The van der Waals surface area contributed by atoms with Crippen LogP contribution in [0.5, 0.6) is 0 Å². The van der Waals surface area contributed by atoms with E-state index in [1.165, 1.54) is 4.88 Å². The zero-order valence-electron chi connectivity index (χ0n) is 10.6. The van der Waals surface area contributed by atoms with E-state index in [9.17, 15) is 4.79 Å². The number of aliphatic carboxylic acids is 1. The van der Waals surface area contributed by atoms with Crippen molar-refractivity contribution in [2.45, 2.75) is 40.2 Å². The summed E-state index contributed by atoms with van der Waals surface area (Å²) in [5.41, 5.74) is -0.657. The van der Waals surface area contributed by atoms with Crippen molar-refractivity contribution >= 4 is 17.3 Å². The molecule has 0 amide bonds. The number of aryl methyl sites for hydroxylation is 1. The standard InChI is InChI=1S/C12H20N2O2S/c1-4-10-14-8-9(17-10)7-13-6-5-12(2,3)11(15)16/h8,13H,4-7H2,1-3H3,(H,15,16). The SMILES string of the molecule is CCc1ncc(CNCCC(C)(C)C(=O)O)s1. The average Bonchev–Trinajstić information content (AvgIpc) is 2.72. The van der Waals surface area contributed by atoms with Crippen molar-refractivity contribution < 1.29 is 9.90 Å². The minimum absolute atomic E-state index is 0.627. The van der Waals surface area contributed by atoms with Gasteiger partial charge in [-0.05, 0) is 33.2 Å². The summed E-state index contributed by atoms with van der Waals surface area (Å²) in [7, 11) is 0. The Bertz CT molecular complexity index is 374. The van der Waals surface area contributed by atoms with Crippen molar-refractivity contribution in [2.75, 3.05) is 6.54 Å². The number of thiazole rings is 1. The third-order valence-corrected chi connectivity index (χ3v) is 3.85. The van der Waals surface area contributed by atoms with E-state index in [1.807, 2.05) is 6.20 Å². The third-order valence-electron chi connectivity index (χ3n) is 2.71. The molecule has 0 saturated heterocycles. The molecule has 0 bridgehead atoms. The Balaban J connectivity index is 2.27. The Kier molecular flexibility index (Phi) is 5.08. The van der Waals surface area contributed by atoms with Gasteiger partial charge in [-0.1, -0.05) is 6.92 Å². The summed E-state index contributed by atoms with van der Waals surface area (Å²) in [6.07, 6.45) is 3.48. The molecule has 17 heavy (non-hydrogen) atoms. The van der Waals surface area contributed by atoms with Crippen LogP contribution < -0.4 is 5.32 Å². The highest BCUT2D eigenvalue weighted by molar-refractivity contribution is 7.11. The van der Waals surface area contributed by atoms with E-state index >= 15 is 0 Å². The van der Waals surface area contributed by atoms with Gasteiger partial charge in [-0.25, -0.2) is 4.98 Å². The summed E-state index contributed by atoms with van der Waals surface area (Å²) in [6.45, 7) is 7.06. The molecule has 1 rings (SSSR count). The second-order valence-electron chi connectivity index (χ2n) is 4.69.